The fraction of sp³-hybridized carbons (Fsp3) is 0.692. The van der Waals surface area contributed by atoms with Crippen LogP contribution < -0.4 is 0 Å². The molecule has 0 saturated heterocycles. The van der Waals surface area contributed by atoms with Gasteiger partial charge in [-0.1, -0.05) is 50.7 Å². The normalized spacial score (nSPS) is 21.4. The molecule has 0 aliphatic heterocycles. The van der Waals surface area contributed by atoms with Crippen molar-refractivity contribution in [1.29, 1.82) is 0 Å². The number of unbranched alkanes of at least 4 members (excludes halogenated alkanes) is 6. The van der Waals surface area contributed by atoms with Crippen molar-refractivity contribution < 1.29 is 39.6 Å². The minimum atomic E-state index is -0.685. The molecule has 330 valence electrons. The second kappa shape index (κ2) is 18.7. The van der Waals surface area contributed by atoms with Crippen LogP contribution in [0.3, 0.4) is 0 Å². The van der Waals surface area contributed by atoms with E-state index in [-0.39, 0.29) is 5.92 Å². The SMILES string of the molecule is Cc1cc(C)c(CCCCCC2(C(=O)O)CC2Cc2cc(C)c(C)c(CCCCCC3(C(=O)O)CC3)c2CCCCC2(C(=O)O)CC2)c(CCCCC2(C(=O)O)CC2)c1C. The fourth-order valence-corrected chi connectivity index (χ4v) is 11.0. The Morgan fingerprint density at radius 1 is 0.467 bits per heavy atom. The molecule has 0 heterocycles. The first-order chi connectivity index (χ1) is 28.5. The molecule has 8 heteroatoms. The first kappa shape index (κ1) is 45.8. The Labute approximate surface area is 359 Å². The number of aliphatic carboxylic acids is 4. The predicted octanol–water partition coefficient (Wildman–Crippen LogP) is 11.8. The van der Waals surface area contributed by atoms with Crippen molar-refractivity contribution in [2.75, 3.05) is 0 Å². The van der Waals surface area contributed by atoms with Gasteiger partial charge in [0.05, 0.1) is 21.7 Å². The summed E-state index contributed by atoms with van der Waals surface area (Å²) in [6.45, 7) is 11.0. The van der Waals surface area contributed by atoms with Crippen LogP contribution in [-0.2, 0) is 51.3 Å². The van der Waals surface area contributed by atoms with Crippen molar-refractivity contribution in [3.63, 3.8) is 0 Å². The average molecular weight is 827 g/mol. The Bertz CT molecular complexity index is 1930. The van der Waals surface area contributed by atoms with Gasteiger partial charge in [0, 0.05) is 0 Å². The fourth-order valence-electron chi connectivity index (χ4n) is 11.0. The summed E-state index contributed by atoms with van der Waals surface area (Å²) in [6, 6.07) is 4.60. The van der Waals surface area contributed by atoms with Gasteiger partial charge in [-0.2, -0.15) is 0 Å². The zero-order valence-corrected chi connectivity index (χ0v) is 37.5. The van der Waals surface area contributed by atoms with Crippen LogP contribution in [0.25, 0.3) is 0 Å². The summed E-state index contributed by atoms with van der Waals surface area (Å²) in [5.74, 6) is -2.52. The van der Waals surface area contributed by atoms with Crippen molar-refractivity contribution in [2.45, 2.75) is 202 Å². The summed E-state index contributed by atoms with van der Waals surface area (Å²) in [5, 5.41) is 39.7. The highest BCUT2D eigenvalue weighted by Crippen LogP contribution is 2.58. The second-order valence-electron chi connectivity index (χ2n) is 20.4. The molecule has 2 unspecified atom stereocenters. The second-order valence-corrected chi connectivity index (χ2v) is 20.4. The summed E-state index contributed by atoms with van der Waals surface area (Å²) in [5.41, 5.74) is 11.2. The van der Waals surface area contributed by atoms with Crippen LogP contribution in [0.5, 0.6) is 0 Å². The largest absolute Gasteiger partial charge is 0.481 e. The van der Waals surface area contributed by atoms with Gasteiger partial charge in [-0.05, 0) is 225 Å². The van der Waals surface area contributed by atoms with E-state index in [2.05, 4.69) is 46.8 Å². The van der Waals surface area contributed by atoms with Crippen molar-refractivity contribution in [1.82, 2.24) is 0 Å². The number of rotatable bonds is 28. The average Bonchev–Trinajstić information content (AvgIpc) is 4.00. The van der Waals surface area contributed by atoms with Gasteiger partial charge in [0.15, 0.2) is 0 Å². The monoisotopic (exact) mass is 827 g/mol. The van der Waals surface area contributed by atoms with E-state index in [1.54, 1.807) is 0 Å². The lowest BCUT2D eigenvalue weighted by Crippen LogP contribution is -2.19. The molecule has 8 nitrogen and oxygen atoms in total. The molecule has 6 rings (SSSR count). The van der Waals surface area contributed by atoms with Crippen LogP contribution in [0, 0.1) is 62.2 Å². The van der Waals surface area contributed by atoms with Crippen LogP contribution in [0.4, 0.5) is 0 Å². The Balaban J connectivity index is 1.06. The molecule has 4 aliphatic carbocycles. The van der Waals surface area contributed by atoms with E-state index < -0.39 is 45.5 Å². The zero-order valence-electron chi connectivity index (χ0n) is 37.5. The third-order valence-corrected chi connectivity index (χ3v) is 16.3. The van der Waals surface area contributed by atoms with Crippen LogP contribution in [0.1, 0.15) is 190 Å². The van der Waals surface area contributed by atoms with Gasteiger partial charge in [0.2, 0.25) is 0 Å². The molecule has 0 radical (unpaired) electrons. The lowest BCUT2D eigenvalue weighted by molar-refractivity contribution is -0.145. The number of carboxylic acid groups (broad SMARTS) is 4. The molecular weight excluding hydrogens is 753 g/mol. The van der Waals surface area contributed by atoms with E-state index in [0.29, 0.717) is 19.3 Å². The van der Waals surface area contributed by atoms with E-state index >= 15 is 0 Å². The molecule has 2 aromatic carbocycles. The molecule has 0 spiro atoms. The lowest BCUT2D eigenvalue weighted by atomic mass is 9.83. The van der Waals surface area contributed by atoms with E-state index in [9.17, 15) is 39.6 Å². The number of hydrogen-bond donors (Lipinski definition) is 4. The molecule has 4 saturated carbocycles. The maximum atomic E-state index is 13.0. The zero-order chi connectivity index (χ0) is 43.5. The van der Waals surface area contributed by atoms with Gasteiger partial charge in [0.25, 0.3) is 0 Å². The number of carboxylic acids is 4. The van der Waals surface area contributed by atoms with E-state index in [4.69, 9.17) is 0 Å². The summed E-state index contributed by atoms with van der Waals surface area (Å²) in [6.07, 6.45) is 22.4. The van der Waals surface area contributed by atoms with Gasteiger partial charge >= 0.3 is 23.9 Å². The molecule has 2 aromatic rings. The van der Waals surface area contributed by atoms with Crippen LogP contribution >= 0.6 is 0 Å². The topological polar surface area (TPSA) is 149 Å². The van der Waals surface area contributed by atoms with Crippen molar-refractivity contribution in [3.05, 3.63) is 67.8 Å². The molecule has 0 bridgehead atoms. The summed E-state index contributed by atoms with van der Waals surface area (Å²) < 4.78 is 0. The van der Waals surface area contributed by atoms with Crippen molar-refractivity contribution in [2.24, 2.45) is 27.6 Å². The lowest BCUT2D eigenvalue weighted by Gasteiger charge is -2.22. The number of aryl methyl sites for hydroxylation is 3. The Kier molecular flexibility index (Phi) is 14.3. The standard InChI is InChI=1S/C52H74O8/c1-34-30-36(3)41(42(37(34)4)18-10-14-21-50(26-27-50)46(55)56)16-8-7-13-23-52(48(59)60)33-40(52)32-39-31-35(2)38(5)43(17-9-6-12-20-49(24-25-49)45(53)54)44(39)19-11-15-22-51(28-29-51)47(57)58/h30-31,40H,6-29,32-33H2,1-5H3,(H,53,54)(H,55,56)(H,57,58)(H,59,60). The molecule has 4 aliphatic rings. The Morgan fingerprint density at radius 3 is 1.30 bits per heavy atom. The van der Waals surface area contributed by atoms with E-state index in [0.717, 1.165) is 148 Å². The Hall–Kier alpha value is -3.68. The minimum Gasteiger partial charge on any atom is -0.481 e. The van der Waals surface area contributed by atoms with Crippen molar-refractivity contribution in [3.8, 4) is 0 Å². The first-order valence-electron chi connectivity index (χ1n) is 23.6. The van der Waals surface area contributed by atoms with Gasteiger partial charge in [0.1, 0.15) is 0 Å². The molecule has 4 fully saturated rings. The predicted molar refractivity (Wildman–Crippen MR) is 236 cm³/mol. The highest BCUT2D eigenvalue weighted by atomic mass is 16.4. The molecule has 0 amide bonds. The van der Waals surface area contributed by atoms with Crippen LogP contribution in [0.2, 0.25) is 0 Å². The Morgan fingerprint density at radius 2 is 0.850 bits per heavy atom. The van der Waals surface area contributed by atoms with Crippen molar-refractivity contribution >= 4 is 23.9 Å². The van der Waals surface area contributed by atoms with Gasteiger partial charge in [-0.25, -0.2) is 0 Å². The van der Waals surface area contributed by atoms with Gasteiger partial charge in [-0.3, -0.25) is 19.2 Å². The number of benzene rings is 2. The van der Waals surface area contributed by atoms with Crippen LogP contribution in [0.15, 0.2) is 12.1 Å². The third kappa shape index (κ3) is 10.3. The number of carbonyl (C=O) groups is 4. The maximum Gasteiger partial charge on any atom is 0.309 e. The first-order valence-corrected chi connectivity index (χ1v) is 23.6. The van der Waals surface area contributed by atoms with Gasteiger partial charge in [-0.15, -0.1) is 0 Å². The highest BCUT2D eigenvalue weighted by Gasteiger charge is 2.59. The smallest absolute Gasteiger partial charge is 0.309 e. The highest BCUT2D eigenvalue weighted by molar-refractivity contribution is 5.79. The summed E-state index contributed by atoms with van der Waals surface area (Å²) in [4.78, 5) is 48.3. The maximum absolute atomic E-state index is 13.0. The van der Waals surface area contributed by atoms with Gasteiger partial charge < -0.3 is 20.4 Å². The minimum absolute atomic E-state index is 0.0979. The molecule has 60 heavy (non-hydrogen) atoms. The molecule has 2 atom stereocenters. The van der Waals surface area contributed by atoms with Crippen LogP contribution in [-0.4, -0.2) is 44.3 Å². The summed E-state index contributed by atoms with van der Waals surface area (Å²) in [7, 11) is 0. The third-order valence-electron chi connectivity index (χ3n) is 16.3. The van der Waals surface area contributed by atoms with E-state index in [1.165, 1.54) is 55.6 Å². The molecule has 4 N–H and O–H groups in total. The van der Waals surface area contributed by atoms with E-state index in [1.807, 2.05) is 0 Å². The molecular formula is C52H74O8. The number of hydrogen-bond acceptors (Lipinski definition) is 4. The molecule has 0 aromatic heterocycles. The summed E-state index contributed by atoms with van der Waals surface area (Å²) >= 11 is 0. The quantitative estimate of drug-likeness (QED) is 0.0620.